The van der Waals surface area contributed by atoms with Crippen molar-refractivity contribution in [2.45, 2.75) is 26.5 Å². The van der Waals surface area contributed by atoms with Gasteiger partial charge in [-0.3, -0.25) is 0 Å². The maximum absolute atomic E-state index is 9.35. The van der Waals surface area contributed by atoms with Crippen molar-refractivity contribution in [1.29, 1.82) is 0 Å². The van der Waals surface area contributed by atoms with Crippen LogP contribution in [0.5, 0.6) is 5.75 Å². The number of methoxy groups -OCH3 is 1. The van der Waals surface area contributed by atoms with Gasteiger partial charge in [0.05, 0.1) is 13.2 Å². The number of hydrogen-bond donors (Lipinski definition) is 3. The molecule has 0 saturated carbocycles. The lowest BCUT2D eigenvalue weighted by Crippen LogP contribution is -2.32. The third-order valence-corrected chi connectivity index (χ3v) is 2.67. The Morgan fingerprint density at radius 3 is 2.71 bits per heavy atom. The molecule has 1 rings (SSSR count). The van der Waals surface area contributed by atoms with Gasteiger partial charge in [-0.05, 0) is 19.4 Å². The molecule has 0 aromatic heterocycles. The van der Waals surface area contributed by atoms with Crippen molar-refractivity contribution >= 4 is 0 Å². The molecule has 0 aliphatic carbocycles. The predicted molar refractivity (Wildman–Crippen MR) is 69.2 cm³/mol. The zero-order valence-electron chi connectivity index (χ0n) is 10.8. The van der Waals surface area contributed by atoms with Crippen LogP contribution < -0.4 is 15.8 Å². The van der Waals surface area contributed by atoms with Crippen molar-refractivity contribution < 1.29 is 9.84 Å². The molecule has 1 aromatic carbocycles. The van der Waals surface area contributed by atoms with Crippen LogP contribution in [0.4, 0.5) is 0 Å². The predicted octanol–water partition coefficient (Wildman–Crippen LogP) is 0.721. The van der Waals surface area contributed by atoms with Gasteiger partial charge >= 0.3 is 0 Å². The lowest BCUT2D eigenvalue weighted by molar-refractivity contribution is 0.179. The van der Waals surface area contributed by atoms with Crippen molar-refractivity contribution in [2.75, 3.05) is 20.2 Å². The van der Waals surface area contributed by atoms with Crippen molar-refractivity contribution in [3.63, 3.8) is 0 Å². The van der Waals surface area contributed by atoms with Gasteiger partial charge in [0.15, 0.2) is 0 Å². The van der Waals surface area contributed by atoms with Crippen molar-refractivity contribution in [3.8, 4) is 5.75 Å². The fourth-order valence-electron chi connectivity index (χ4n) is 1.92. The Labute approximate surface area is 103 Å². The number of rotatable bonds is 6. The van der Waals surface area contributed by atoms with E-state index in [1.165, 1.54) is 5.56 Å². The number of aliphatic hydroxyl groups excluding tert-OH is 1. The molecule has 17 heavy (non-hydrogen) atoms. The topological polar surface area (TPSA) is 67.5 Å². The van der Waals surface area contributed by atoms with E-state index in [2.05, 4.69) is 24.4 Å². The molecule has 4 heteroatoms. The summed E-state index contributed by atoms with van der Waals surface area (Å²) in [5.41, 5.74) is 8.78. The Balaban J connectivity index is 2.69. The molecular formula is C13H22N2O2. The molecule has 0 spiro atoms. The van der Waals surface area contributed by atoms with E-state index in [9.17, 15) is 5.11 Å². The van der Waals surface area contributed by atoms with Crippen LogP contribution >= 0.6 is 0 Å². The van der Waals surface area contributed by atoms with Gasteiger partial charge in [-0.1, -0.05) is 17.7 Å². The largest absolute Gasteiger partial charge is 0.496 e. The fraction of sp³-hybridized carbons (Fsp3) is 0.538. The summed E-state index contributed by atoms with van der Waals surface area (Å²) in [6.07, 6.45) is -0.494. The molecule has 0 bridgehead atoms. The average molecular weight is 238 g/mol. The van der Waals surface area contributed by atoms with Gasteiger partial charge < -0.3 is 20.9 Å². The van der Waals surface area contributed by atoms with E-state index in [4.69, 9.17) is 10.5 Å². The zero-order valence-corrected chi connectivity index (χ0v) is 10.8. The van der Waals surface area contributed by atoms with E-state index in [1.54, 1.807) is 7.11 Å². The minimum Gasteiger partial charge on any atom is -0.496 e. The summed E-state index contributed by atoms with van der Waals surface area (Å²) in [4.78, 5) is 0. The standard InChI is InChI=1S/C13H22N2O2/c1-9-4-10(2)13(17-3)11(5-9)7-15-8-12(16)6-14/h4-5,12,15-16H,6-8,14H2,1-3H3. The van der Waals surface area contributed by atoms with Gasteiger partial charge in [-0.25, -0.2) is 0 Å². The molecule has 0 amide bonds. The number of ether oxygens (including phenoxy) is 1. The second kappa shape index (κ2) is 6.59. The third kappa shape index (κ3) is 4.00. The van der Waals surface area contributed by atoms with Gasteiger partial charge in [0.2, 0.25) is 0 Å². The third-order valence-electron chi connectivity index (χ3n) is 2.67. The van der Waals surface area contributed by atoms with Crippen LogP contribution in [0.15, 0.2) is 12.1 Å². The maximum atomic E-state index is 9.35. The van der Waals surface area contributed by atoms with E-state index >= 15 is 0 Å². The van der Waals surface area contributed by atoms with E-state index in [1.807, 2.05) is 6.92 Å². The van der Waals surface area contributed by atoms with E-state index in [-0.39, 0.29) is 6.54 Å². The van der Waals surface area contributed by atoms with E-state index in [0.29, 0.717) is 13.1 Å². The highest BCUT2D eigenvalue weighted by molar-refractivity contribution is 5.43. The van der Waals surface area contributed by atoms with Crippen molar-refractivity contribution in [1.82, 2.24) is 5.32 Å². The van der Waals surface area contributed by atoms with Crippen LogP contribution in [-0.2, 0) is 6.54 Å². The Hall–Kier alpha value is -1.10. The highest BCUT2D eigenvalue weighted by atomic mass is 16.5. The SMILES string of the molecule is COc1c(C)cc(C)cc1CNCC(O)CN. The van der Waals surface area contributed by atoms with Crippen LogP contribution in [0.3, 0.4) is 0 Å². The Kier molecular flexibility index (Phi) is 5.41. The fourth-order valence-corrected chi connectivity index (χ4v) is 1.92. The van der Waals surface area contributed by atoms with E-state index < -0.39 is 6.10 Å². The van der Waals surface area contributed by atoms with Gasteiger partial charge in [0.1, 0.15) is 5.75 Å². The zero-order chi connectivity index (χ0) is 12.8. The molecule has 0 fully saturated rings. The monoisotopic (exact) mass is 238 g/mol. The van der Waals surface area contributed by atoms with Gasteiger partial charge in [-0.15, -0.1) is 0 Å². The molecule has 0 saturated heterocycles. The van der Waals surface area contributed by atoms with Crippen molar-refractivity contribution in [3.05, 3.63) is 28.8 Å². The van der Waals surface area contributed by atoms with Crippen LogP contribution in [0.2, 0.25) is 0 Å². The number of aryl methyl sites for hydroxylation is 2. The summed E-state index contributed by atoms with van der Waals surface area (Å²) in [6.45, 7) is 5.53. The molecule has 1 atom stereocenters. The lowest BCUT2D eigenvalue weighted by Gasteiger charge is -2.14. The molecule has 0 radical (unpaired) electrons. The van der Waals surface area contributed by atoms with Gasteiger partial charge in [-0.2, -0.15) is 0 Å². The highest BCUT2D eigenvalue weighted by Gasteiger charge is 2.08. The minimum atomic E-state index is -0.494. The second-order valence-electron chi connectivity index (χ2n) is 4.29. The number of nitrogens with one attached hydrogen (secondary N) is 1. The Bertz CT molecular complexity index is 367. The molecule has 1 aromatic rings. The normalized spacial score (nSPS) is 12.5. The first-order valence-corrected chi connectivity index (χ1v) is 5.81. The van der Waals surface area contributed by atoms with Crippen molar-refractivity contribution in [2.24, 2.45) is 5.73 Å². The van der Waals surface area contributed by atoms with Gasteiger partial charge in [0.25, 0.3) is 0 Å². The van der Waals surface area contributed by atoms with Crippen LogP contribution in [0, 0.1) is 13.8 Å². The second-order valence-corrected chi connectivity index (χ2v) is 4.29. The molecule has 0 aliphatic rings. The smallest absolute Gasteiger partial charge is 0.126 e. The number of hydrogen-bond acceptors (Lipinski definition) is 4. The molecule has 96 valence electrons. The molecule has 4 nitrogen and oxygen atoms in total. The number of benzene rings is 1. The Morgan fingerprint density at radius 2 is 2.12 bits per heavy atom. The van der Waals surface area contributed by atoms with Gasteiger partial charge in [0, 0.05) is 25.2 Å². The summed E-state index contributed by atoms with van der Waals surface area (Å²) in [5, 5.41) is 12.5. The van der Waals surface area contributed by atoms with Crippen LogP contribution in [0.1, 0.15) is 16.7 Å². The summed E-state index contributed by atoms with van der Waals surface area (Å²) >= 11 is 0. The first kappa shape index (κ1) is 14.0. The first-order chi connectivity index (χ1) is 8.08. The first-order valence-electron chi connectivity index (χ1n) is 5.81. The molecule has 4 N–H and O–H groups in total. The summed E-state index contributed by atoms with van der Waals surface area (Å²) < 4.78 is 5.39. The number of nitrogens with two attached hydrogens (primary N) is 1. The minimum absolute atomic E-state index is 0.275. The maximum Gasteiger partial charge on any atom is 0.126 e. The molecule has 0 aliphatic heterocycles. The average Bonchev–Trinajstić information content (AvgIpc) is 2.28. The van der Waals surface area contributed by atoms with Crippen LogP contribution in [0.25, 0.3) is 0 Å². The molecular weight excluding hydrogens is 216 g/mol. The molecule has 0 heterocycles. The van der Waals surface area contributed by atoms with E-state index in [0.717, 1.165) is 16.9 Å². The highest BCUT2D eigenvalue weighted by Crippen LogP contribution is 2.24. The summed E-state index contributed by atoms with van der Waals surface area (Å²) in [5.74, 6) is 0.908. The summed E-state index contributed by atoms with van der Waals surface area (Å²) in [6, 6.07) is 4.19. The number of aliphatic hydroxyl groups is 1. The lowest BCUT2D eigenvalue weighted by atomic mass is 10.1. The molecule has 1 unspecified atom stereocenters. The quantitative estimate of drug-likeness (QED) is 0.683. The van der Waals surface area contributed by atoms with Crippen LogP contribution in [-0.4, -0.2) is 31.4 Å². The summed E-state index contributed by atoms with van der Waals surface area (Å²) in [7, 11) is 1.68. The Morgan fingerprint density at radius 1 is 1.41 bits per heavy atom.